The van der Waals surface area contributed by atoms with E-state index in [0.29, 0.717) is 23.4 Å². The minimum Gasteiger partial charge on any atom is -0.398 e. The van der Waals surface area contributed by atoms with Gasteiger partial charge in [0.1, 0.15) is 0 Å². The average molecular weight is 391 g/mol. The highest BCUT2D eigenvalue weighted by Crippen LogP contribution is 2.37. The van der Waals surface area contributed by atoms with E-state index in [0.717, 1.165) is 28.1 Å². The second-order valence-corrected chi connectivity index (χ2v) is 6.82. The monoisotopic (exact) mass is 391 g/mol. The molecule has 150 valence electrons. The Hall–Kier alpha value is -3.68. The van der Waals surface area contributed by atoms with Crippen LogP contribution in [-0.4, -0.2) is 43.5 Å². The molecule has 0 saturated heterocycles. The van der Waals surface area contributed by atoms with Gasteiger partial charge in [-0.05, 0) is 24.6 Å². The number of carbonyl (C=O) groups excluding carboxylic acids is 1. The van der Waals surface area contributed by atoms with Crippen molar-refractivity contribution < 1.29 is 4.79 Å². The summed E-state index contributed by atoms with van der Waals surface area (Å²) >= 11 is 0. The molecular formula is C21H25N7O. The van der Waals surface area contributed by atoms with Crippen LogP contribution in [0.2, 0.25) is 0 Å². The van der Waals surface area contributed by atoms with E-state index < -0.39 is 0 Å². The van der Waals surface area contributed by atoms with Gasteiger partial charge in [-0.3, -0.25) is 14.8 Å². The van der Waals surface area contributed by atoms with Crippen LogP contribution in [0, 0.1) is 5.41 Å². The summed E-state index contributed by atoms with van der Waals surface area (Å²) in [6, 6.07) is 5.84. The van der Waals surface area contributed by atoms with Crippen LogP contribution >= 0.6 is 0 Å². The zero-order valence-electron chi connectivity index (χ0n) is 16.7. The predicted octanol–water partition coefficient (Wildman–Crippen LogP) is 2.95. The lowest BCUT2D eigenvalue weighted by molar-refractivity contribution is -0.116. The van der Waals surface area contributed by atoms with Crippen molar-refractivity contribution in [2.45, 2.75) is 19.4 Å². The van der Waals surface area contributed by atoms with Crippen molar-refractivity contribution in [3.63, 3.8) is 0 Å². The fraction of sp³-hybridized carbons (Fsp3) is 0.238. The van der Waals surface area contributed by atoms with Crippen LogP contribution in [0.5, 0.6) is 0 Å². The van der Waals surface area contributed by atoms with Gasteiger partial charge >= 0.3 is 0 Å². The summed E-state index contributed by atoms with van der Waals surface area (Å²) in [6.45, 7) is 1.97. The van der Waals surface area contributed by atoms with Gasteiger partial charge in [0.05, 0.1) is 23.3 Å². The van der Waals surface area contributed by atoms with Crippen LogP contribution in [0.15, 0.2) is 41.2 Å². The van der Waals surface area contributed by atoms with Crippen LogP contribution in [-0.2, 0) is 4.79 Å². The van der Waals surface area contributed by atoms with Gasteiger partial charge in [-0.1, -0.05) is 6.07 Å². The maximum atomic E-state index is 12.1. The maximum absolute atomic E-state index is 12.1. The largest absolute Gasteiger partial charge is 0.398 e. The topological polar surface area (TPSA) is 128 Å². The lowest BCUT2D eigenvalue weighted by atomic mass is 9.98. The Morgan fingerprint density at radius 1 is 1.41 bits per heavy atom. The van der Waals surface area contributed by atoms with Crippen molar-refractivity contribution >= 4 is 41.1 Å². The SMILES string of the molecule is CN=C/C(C=N)=C(\N)c1cc(-c2cncc3c2N[C@H](C)CC(=O)N3)ccc1NC. The Bertz CT molecular complexity index is 1010. The third-order valence-corrected chi connectivity index (χ3v) is 4.73. The van der Waals surface area contributed by atoms with Gasteiger partial charge in [-0.15, -0.1) is 0 Å². The van der Waals surface area contributed by atoms with E-state index in [4.69, 9.17) is 11.1 Å². The molecule has 0 saturated carbocycles. The summed E-state index contributed by atoms with van der Waals surface area (Å²) in [5.41, 5.74) is 12.1. The van der Waals surface area contributed by atoms with E-state index >= 15 is 0 Å². The first-order valence-electron chi connectivity index (χ1n) is 9.27. The number of amides is 1. The fourth-order valence-corrected chi connectivity index (χ4v) is 3.34. The Balaban J connectivity index is 2.18. The number of allylic oxidation sites excluding steroid dienone is 1. The number of fused-ring (bicyclic) bond motifs is 1. The number of hydrogen-bond acceptors (Lipinski definition) is 7. The molecule has 2 heterocycles. The molecule has 1 atom stereocenters. The van der Waals surface area contributed by atoms with Gasteiger partial charge in [0.15, 0.2) is 0 Å². The maximum Gasteiger partial charge on any atom is 0.226 e. The van der Waals surface area contributed by atoms with Crippen molar-refractivity contribution in [1.29, 1.82) is 5.41 Å². The molecule has 0 radical (unpaired) electrons. The second-order valence-electron chi connectivity index (χ2n) is 6.82. The van der Waals surface area contributed by atoms with Crippen LogP contribution < -0.4 is 21.7 Å². The van der Waals surface area contributed by atoms with Crippen molar-refractivity contribution in [2.75, 3.05) is 30.0 Å². The molecule has 1 aliphatic heterocycles. The number of nitrogens with one attached hydrogen (secondary N) is 4. The normalized spacial score (nSPS) is 16.9. The first kappa shape index (κ1) is 20.1. The number of anilines is 3. The molecule has 1 aliphatic rings. The van der Waals surface area contributed by atoms with Crippen molar-refractivity contribution in [3.05, 3.63) is 41.7 Å². The highest BCUT2D eigenvalue weighted by atomic mass is 16.1. The number of aliphatic imine (C=N–C) groups is 1. The highest BCUT2D eigenvalue weighted by molar-refractivity contribution is 6.11. The number of rotatable bonds is 5. The first-order chi connectivity index (χ1) is 14.0. The zero-order chi connectivity index (χ0) is 21.0. The molecular weight excluding hydrogens is 366 g/mol. The number of aromatic nitrogens is 1. The van der Waals surface area contributed by atoms with Gasteiger partial charge in [0.25, 0.3) is 0 Å². The number of pyridine rings is 1. The highest BCUT2D eigenvalue weighted by Gasteiger charge is 2.21. The molecule has 0 fully saturated rings. The van der Waals surface area contributed by atoms with Crippen LogP contribution in [0.1, 0.15) is 18.9 Å². The van der Waals surface area contributed by atoms with Crippen LogP contribution in [0.4, 0.5) is 17.1 Å². The number of nitrogens with two attached hydrogens (primary N) is 1. The van der Waals surface area contributed by atoms with E-state index in [1.54, 1.807) is 25.7 Å². The lowest BCUT2D eigenvalue weighted by Crippen LogP contribution is -2.19. The van der Waals surface area contributed by atoms with E-state index in [-0.39, 0.29) is 11.9 Å². The molecule has 1 amide bonds. The lowest BCUT2D eigenvalue weighted by Gasteiger charge is -2.18. The zero-order valence-corrected chi connectivity index (χ0v) is 16.7. The number of benzene rings is 1. The Morgan fingerprint density at radius 3 is 2.90 bits per heavy atom. The third kappa shape index (κ3) is 4.11. The summed E-state index contributed by atoms with van der Waals surface area (Å²) in [7, 11) is 3.46. The predicted molar refractivity (Wildman–Crippen MR) is 120 cm³/mol. The summed E-state index contributed by atoms with van der Waals surface area (Å²) < 4.78 is 0. The Morgan fingerprint density at radius 2 is 2.21 bits per heavy atom. The van der Waals surface area contributed by atoms with Crippen molar-refractivity contribution in [1.82, 2.24) is 4.98 Å². The fourth-order valence-electron chi connectivity index (χ4n) is 3.34. The van der Waals surface area contributed by atoms with Crippen molar-refractivity contribution in [2.24, 2.45) is 10.7 Å². The van der Waals surface area contributed by atoms with Gasteiger partial charge in [0, 0.05) is 67.6 Å². The van der Waals surface area contributed by atoms with Gasteiger partial charge in [-0.2, -0.15) is 0 Å². The molecule has 29 heavy (non-hydrogen) atoms. The second kappa shape index (κ2) is 8.55. The van der Waals surface area contributed by atoms with Gasteiger partial charge in [-0.25, -0.2) is 0 Å². The van der Waals surface area contributed by atoms with E-state index in [2.05, 4.69) is 25.9 Å². The number of hydrogen-bond donors (Lipinski definition) is 5. The van der Waals surface area contributed by atoms with Crippen molar-refractivity contribution in [3.8, 4) is 11.1 Å². The molecule has 0 aliphatic carbocycles. The third-order valence-electron chi connectivity index (χ3n) is 4.73. The number of nitrogens with zero attached hydrogens (tertiary/aromatic N) is 2. The molecule has 2 aromatic rings. The molecule has 1 aromatic heterocycles. The standard InChI is InChI=1S/C21H25N7O/c1-12-6-19(29)28-18-11-26-10-16(21(18)27-12)13-4-5-17(25-3)15(7-13)20(23)14(8-22)9-24-2/h4-5,7-12,22,25,27H,6,23H2,1-3H3,(H,28,29)/b20-14-,22-8?,24-9?/t12-/m1/s1. The van der Waals surface area contributed by atoms with Gasteiger partial charge < -0.3 is 27.1 Å². The minimum atomic E-state index is -0.0458. The van der Waals surface area contributed by atoms with E-state index in [9.17, 15) is 4.79 Å². The summed E-state index contributed by atoms with van der Waals surface area (Å²) in [5, 5.41) is 17.1. The van der Waals surface area contributed by atoms with E-state index in [1.807, 2.05) is 32.2 Å². The smallest absolute Gasteiger partial charge is 0.226 e. The summed E-state index contributed by atoms with van der Waals surface area (Å²) in [4.78, 5) is 20.3. The molecule has 0 bridgehead atoms. The van der Waals surface area contributed by atoms with Crippen LogP contribution in [0.3, 0.4) is 0 Å². The quantitative estimate of drug-likeness (QED) is 0.501. The molecule has 1 aromatic carbocycles. The molecule has 8 nitrogen and oxygen atoms in total. The van der Waals surface area contributed by atoms with Gasteiger partial charge in [0.2, 0.25) is 5.91 Å². The first-order valence-corrected chi connectivity index (χ1v) is 9.27. The summed E-state index contributed by atoms with van der Waals surface area (Å²) in [5.74, 6) is -0.0458. The van der Waals surface area contributed by atoms with E-state index in [1.165, 1.54) is 6.21 Å². The molecule has 0 spiro atoms. The minimum absolute atomic E-state index is 0.0105. The summed E-state index contributed by atoms with van der Waals surface area (Å²) in [6.07, 6.45) is 6.53. The Labute approximate surface area is 169 Å². The number of carbonyl (C=O) groups is 1. The molecule has 6 N–H and O–H groups in total. The molecule has 3 rings (SSSR count). The van der Waals surface area contributed by atoms with Crippen LogP contribution in [0.25, 0.3) is 16.8 Å². The average Bonchev–Trinajstić information content (AvgIpc) is 2.86. The molecule has 0 unspecified atom stereocenters. The molecule has 8 heteroatoms. The Kier molecular flexibility index (Phi) is 5.92.